The highest BCUT2D eigenvalue weighted by molar-refractivity contribution is 5.96. The average molecular weight is 406 g/mol. The van der Waals surface area contributed by atoms with Crippen molar-refractivity contribution in [1.82, 2.24) is 9.80 Å². The summed E-state index contributed by atoms with van der Waals surface area (Å²) in [5, 5.41) is 0. The van der Waals surface area contributed by atoms with Crippen LogP contribution in [-0.4, -0.2) is 60.1 Å². The minimum atomic E-state index is -0.637. The van der Waals surface area contributed by atoms with Crippen molar-refractivity contribution in [2.45, 2.75) is 51.4 Å². The molecule has 8 nitrogen and oxygen atoms in total. The highest BCUT2D eigenvalue weighted by atomic mass is 16.6. The Morgan fingerprint density at radius 3 is 2.00 bits per heavy atom. The number of imide groups is 2. The second-order valence-electron chi connectivity index (χ2n) is 8.10. The van der Waals surface area contributed by atoms with Gasteiger partial charge in [-0.1, -0.05) is 38.2 Å². The standard InChI is InChI=1S/C21H30N2O6/c1-2-6-16(18(24)22-9-11-28-20(22)26)14-17(13-15-7-4-3-5-8-15)19(25)23-10-12-29-21(23)27/h2,15-17H,1,3-14H2/t16-,17-/m1/s1. The van der Waals surface area contributed by atoms with Crippen LogP contribution in [0.1, 0.15) is 51.4 Å². The van der Waals surface area contributed by atoms with E-state index in [-0.39, 0.29) is 44.5 Å². The lowest BCUT2D eigenvalue weighted by atomic mass is 9.78. The molecule has 3 fully saturated rings. The first-order valence-corrected chi connectivity index (χ1v) is 10.6. The van der Waals surface area contributed by atoms with Gasteiger partial charge in [0, 0.05) is 11.8 Å². The van der Waals surface area contributed by atoms with Gasteiger partial charge in [-0.15, -0.1) is 6.58 Å². The first kappa shape index (κ1) is 21.3. The summed E-state index contributed by atoms with van der Waals surface area (Å²) in [6.45, 7) is 4.60. The highest BCUT2D eigenvalue weighted by Gasteiger charge is 2.39. The van der Waals surface area contributed by atoms with Crippen molar-refractivity contribution in [2.24, 2.45) is 17.8 Å². The summed E-state index contributed by atoms with van der Waals surface area (Å²) < 4.78 is 9.82. The number of cyclic esters (lactones) is 2. The van der Waals surface area contributed by atoms with Crippen molar-refractivity contribution < 1.29 is 28.7 Å². The van der Waals surface area contributed by atoms with Gasteiger partial charge in [-0.05, 0) is 25.2 Å². The van der Waals surface area contributed by atoms with Crippen LogP contribution in [0.2, 0.25) is 0 Å². The van der Waals surface area contributed by atoms with Gasteiger partial charge in [0.1, 0.15) is 13.2 Å². The molecule has 3 rings (SSSR count). The number of allylic oxidation sites excluding steroid dienone is 1. The van der Waals surface area contributed by atoms with Gasteiger partial charge in [-0.3, -0.25) is 9.59 Å². The normalized spacial score (nSPS) is 22.2. The Morgan fingerprint density at radius 1 is 0.966 bits per heavy atom. The molecule has 0 aromatic heterocycles. The van der Waals surface area contributed by atoms with E-state index in [1.54, 1.807) is 6.08 Å². The van der Waals surface area contributed by atoms with E-state index in [0.29, 0.717) is 18.8 Å². The maximum absolute atomic E-state index is 13.2. The van der Waals surface area contributed by atoms with E-state index < -0.39 is 24.0 Å². The Kier molecular flexibility index (Phi) is 7.28. The van der Waals surface area contributed by atoms with Gasteiger partial charge in [0.05, 0.1) is 13.1 Å². The molecule has 2 saturated heterocycles. The number of rotatable bonds is 8. The molecule has 4 amide bonds. The third-order valence-electron chi connectivity index (χ3n) is 6.11. The van der Waals surface area contributed by atoms with Crippen LogP contribution in [0, 0.1) is 17.8 Å². The van der Waals surface area contributed by atoms with Crippen molar-refractivity contribution >= 4 is 24.0 Å². The Bertz CT molecular complexity index is 658. The summed E-state index contributed by atoms with van der Waals surface area (Å²) >= 11 is 0. The third-order valence-corrected chi connectivity index (χ3v) is 6.11. The fourth-order valence-electron chi connectivity index (χ4n) is 4.59. The van der Waals surface area contributed by atoms with Gasteiger partial charge in [0.2, 0.25) is 11.8 Å². The molecule has 29 heavy (non-hydrogen) atoms. The summed E-state index contributed by atoms with van der Waals surface area (Å²) in [5.41, 5.74) is 0. The van der Waals surface area contributed by atoms with Crippen LogP contribution in [0.5, 0.6) is 0 Å². The van der Waals surface area contributed by atoms with Gasteiger partial charge < -0.3 is 9.47 Å². The summed E-state index contributed by atoms with van der Waals surface area (Å²) in [6, 6.07) is 0. The summed E-state index contributed by atoms with van der Waals surface area (Å²) in [7, 11) is 0. The highest BCUT2D eigenvalue weighted by Crippen LogP contribution is 2.34. The van der Waals surface area contributed by atoms with Crippen LogP contribution in [-0.2, 0) is 19.1 Å². The molecule has 160 valence electrons. The largest absolute Gasteiger partial charge is 0.447 e. The lowest BCUT2D eigenvalue weighted by Gasteiger charge is -2.30. The average Bonchev–Trinajstić information content (AvgIpc) is 3.34. The first-order chi connectivity index (χ1) is 14.0. The molecule has 0 radical (unpaired) electrons. The molecule has 0 unspecified atom stereocenters. The van der Waals surface area contributed by atoms with E-state index in [1.807, 2.05) is 0 Å². The molecule has 0 N–H and O–H groups in total. The minimum absolute atomic E-state index is 0.190. The molecule has 0 aromatic rings. The molecule has 0 bridgehead atoms. The lowest BCUT2D eigenvalue weighted by molar-refractivity contribution is -0.136. The van der Waals surface area contributed by atoms with Crippen molar-refractivity contribution in [3.63, 3.8) is 0 Å². The second kappa shape index (κ2) is 9.89. The van der Waals surface area contributed by atoms with Crippen LogP contribution >= 0.6 is 0 Å². The van der Waals surface area contributed by atoms with E-state index in [0.717, 1.165) is 35.5 Å². The number of nitrogens with zero attached hydrogens (tertiary/aromatic N) is 2. The number of hydrogen-bond donors (Lipinski definition) is 0. The van der Waals surface area contributed by atoms with Crippen LogP contribution in [0.25, 0.3) is 0 Å². The van der Waals surface area contributed by atoms with Crippen LogP contribution in [0.3, 0.4) is 0 Å². The monoisotopic (exact) mass is 406 g/mol. The molecule has 8 heteroatoms. The van der Waals surface area contributed by atoms with E-state index in [2.05, 4.69) is 6.58 Å². The second-order valence-corrected chi connectivity index (χ2v) is 8.10. The van der Waals surface area contributed by atoms with Crippen molar-refractivity contribution in [2.75, 3.05) is 26.3 Å². The molecule has 2 atom stereocenters. The SMILES string of the molecule is C=CC[C@H](C[C@@H](CC1CCCCC1)C(=O)N1CCOC1=O)C(=O)N1CCOC1=O. The quantitative estimate of drug-likeness (QED) is 0.575. The van der Waals surface area contributed by atoms with Crippen molar-refractivity contribution in [3.05, 3.63) is 12.7 Å². The topological polar surface area (TPSA) is 93.2 Å². The number of carbonyl (C=O) groups is 4. The fourth-order valence-corrected chi connectivity index (χ4v) is 4.59. The van der Waals surface area contributed by atoms with Gasteiger partial charge in [0.25, 0.3) is 0 Å². The molecule has 3 aliphatic rings. The Balaban J connectivity index is 1.75. The number of hydrogen-bond acceptors (Lipinski definition) is 6. The summed E-state index contributed by atoms with van der Waals surface area (Å²) in [6.07, 6.45) is 7.31. The maximum Gasteiger partial charge on any atom is 0.416 e. The summed E-state index contributed by atoms with van der Waals surface area (Å²) in [5.74, 6) is -1.21. The molecular weight excluding hydrogens is 376 g/mol. The Morgan fingerprint density at radius 2 is 1.52 bits per heavy atom. The number of carbonyl (C=O) groups excluding carboxylic acids is 4. The minimum Gasteiger partial charge on any atom is -0.447 e. The Hall–Kier alpha value is -2.38. The van der Waals surface area contributed by atoms with Gasteiger partial charge in [0.15, 0.2) is 0 Å². The summed E-state index contributed by atoms with van der Waals surface area (Å²) in [4.78, 5) is 52.1. The fraction of sp³-hybridized carbons (Fsp3) is 0.714. The van der Waals surface area contributed by atoms with E-state index in [4.69, 9.17) is 9.47 Å². The predicted molar refractivity (Wildman–Crippen MR) is 104 cm³/mol. The molecular formula is C21H30N2O6. The number of ether oxygens (including phenoxy) is 2. The molecule has 1 aliphatic carbocycles. The predicted octanol–water partition coefficient (Wildman–Crippen LogP) is 3.11. The van der Waals surface area contributed by atoms with Gasteiger partial charge >= 0.3 is 12.2 Å². The van der Waals surface area contributed by atoms with Crippen molar-refractivity contribution in [3.8, 4) is 0 Å². The Labute approximate surface area is 171 Å². The molecule has 0 spiro atoms. The van der Waals surface area contributed by atoms with Gasteiger partial charge in [-0.25, -0.2) is 19.4 Å². The smallest absolute Gasteiger partial charge is 0.416 e. The van der Waals surface area contributed by atoms with E-state index >= 15 is 0 Å². The molecule has 2 heterocycles. The molecule has 0 aromatic carbocycles. The van der Waals surface area contributed by atoms with Gasteiger partial charge in [-0.2, -0.15) is 0 Å². The van der Waals surface area contributed by atoms with E-state index in [1.165, 1.54) is 6.42 Å². The van der Waals surface area contributed by atoms with E-state index in [9.17, 15) is 19.2 Å². The zero-order valence-electron chi connectivity index (χ0n) is 16.8. The zero-order chi connectivity index (χ0) is 20.8. The molecule has 2 aliphatic heterocycles. The van der Waals surface area contributed by atoms with Crippen molar-refractivity contribution in [1.29, 1.82) is 0 Å². The molecule has 1 saturated carbocycles. The van der Waals surface area contributed by atoms with Crippen LogP contribution in [0.4, 0.5) is 9.59 Å². The van der Waals surface area contributed by atoms with Crippen LogP contribution < -0.4 is 0 Å². The first-order valence-electron chi connectivity index (χ1n) is 10.6. The lowest BCUT2D eigenvalue weighted by Crippen LogP contribution is -2.41. The number of amides is 4. The zero-order valence-corrected chi connectivity index (χ0v) is 16.8. The third kappa shape index (κ3) is 5.16. The maximum atomic E-state index is 13.2. The van der Waals surface area contributed by atoms with Crippen LogP contribution in [0.15, 0.2) is 12.7 Å².